The van der Waals surface area contributed by atoms with Gasteiger partial charge < -0.3 is 9.88 Å². The quantitative estimate of drug-likeness (QED) is 0.555. The molecule has 0 aliphatic heterocycles. The van der Waals surface area contributed by atoms with Crippen LogP contribution in [0.4, 0.5) is 14.3 Å². The zero-order valence-electron chi connectivity index (χ0n) is 14.9. The maximum Gasteiger partial charge on any atom is 0.321 e. The normalized spacial score (nSPS) is 11.2. The van der Waals surface area contributed by atoms with Gasteiger partial charge in [0.1, 0.15) is 11.6 Å². The van der Waals surface area contributed by atoms with Gasteiger partial charge in [0.25, 0.3) is 0 Å². The van der Waals surface area contributed by atoms with Crippen LogP contribution < -0.4 is 10.6 Å². The average molecular weight is 383 g/mol. The summed E-state index contributed by atoms with van der Waals surface area (Å²) in [7, 11) is 1.83. The minimum Gasteiger partial charge on any atom is -0.331 e. The van der Waals surface area contributed by atoms with Crippen molar-refractivity contribution in [1.82, 2.24) is 19.9 Å². The van der Waals surface area contributed by atoms with Crippen molar-refractivity contribution in [3.8, 4) is 0 Å². The Bertz CT molecular complexity index is 1150. The Hall–Kier alpha value is -3.00. The first-order valence-corrected chi connectivity index (χ1v) is 9.40. The van der Waals surface area contributed by atoms with Gasteiger partial charge in [-0.05, 0) is 36.2 Å². The summed E-state index contributed by atoms with van der Waals surface area (Å²) in [4.78, 5) is 21.0. The molecule has 0 aliphatic rings. The van der Waals surface area contributed by atoms with Gasteiger partial charge in [-0.3, -0.25) is 5.32 Å². The fraction of sp³-hybridized carbons (Fsp3) is 0.211. The summed E-state index contributed by atoms with van der Waals surface area (Å²) >= 11 is 1.44. The number of hydrogen-bond acceptors (Lipinski definition) is 4. The summed E-state index contributed by atoms with van der Waals surface area (Å²) in [5.41, 5.74) is 3.48. The van der Waals surface area contributed by atoms with E-state index in [2.05, 4.69) is 33.6 Å². The molecule has 2 N–H and O–H groups in total. The number of rotatable bonds is 4. The predicted molar refractivity (Wildman–Crippen MR) is 106 cm³/mol. The number of aromatic nitrogens is 3. The van der Waals surface area contributed by atoms with Crippen LogP contribution in [0.15, 0.2) is 36.4 Å². The van der Waals surface area contributed by atoms with Gasteiger partial charge in [-0.1, -0.05) is 24.3 Å². The zero-order valence-corrected chi connectivity index (χ0v) is 15.7. The molecule has 2 heterocycles. The average Bonchev–Trinajstić information content (AvgIpc) is 3.19. The van der Waals surface area contributed by atoms with E-state index in [1.54, 1.807) is 6.07 Å². The highest BCUT2D eigenvalue weighted by Gasteiger charge is 2.11. The van der Waals surface area contributed by atoms with Gasteiger partial charge in [-0.15, -0.1) is 0 Å². The molecule has 2 aromatic carbocycles. The number of nitrogens with one attached hydrogen (secondary N) is 2. The third-order valence-corrected chi connectivity index (χ3v) is 5.36. The lowest BCUT2D eigenvalue weighted by Gasteiger charge is -2.05. The molecule has 4 aromatic rings. The molecule has 138 valence electrons. The van der Waals surface area contributed by atoms with E-state index in [0.29, 0.717) is 16.5 Å². The summed E-state index contributed by atoms with van der Waals surface area (Å²) in [5, 5.41) is 6.08. The lowest BCUT2D eigenvalue weighted by Crippen LogP contribution is -2.29. The van der Waals surface area contributed by atoms with Crippen molar-refractivity contribution >= 4 is 43.7 Å². The fourth-order valence-corrected chi connectivity index (χ4v) is 3.85. The van der Waals surface area contributed by atoms with Gasteiger partial charge >= 0.3 is 6.03 Å². The van der Waals surface area contributed by atoms with Crippen molar-refractivity contribution in [2.24, 2.45) is 7.05 Å². The number of nitrogens with zero attached hydrogens (tertiary/aromatic N) is 3. The van der Waals surface area contributed by atoms with E-state index in [1.807, 2.05) is 23.7 Å². The summed E-state index contributed by atoms with van der Waals surface area (Å²) < 4.78 is 16.2. The van der Waals surface area contributed by atoms with Crippen LogP contribution in [0.25, 0.3) is 21.3 Å². The SMILES string of the molecule is CCc1ccc2nc(NC(=O)NCc3nc4cc(F)ccc4n3C)sc2c1. The molecule has 2 aromatic heterocycles. The van der Waals surface area contributed by atoms with Crippen molar-refractivity contribution < 1.29 is 9.18 Å². The second kappa shape index (κ2) is 6.96. The number of hydrogen-bond donors (Lipinski definition) is 2. The number of carbonyl (C=O) groups is 1. The number of imidazole rings is 1. The number of anilines is 1. The van der Waals surface area contributed by atoms with E-state index >= 15 is 0 Å². The second-order valence-electron chi connectivity index (χ2n) is 6.20. The molecule has 27 heavy (non-hydrogen) atoms. The molecule has 0 fully saturated rings. The summed E-state index contributed by atoms with van der Waals surface area (Å²) in [5.74, 6) is 0.308. The Morgan fingerprint density at radius 1 is 1.19 bits per heavy atom. The first kappa shape index (κ1) is 17.4. The fourth-order valence-electron chi connectivity index (χ4n) is 2.92. The summed E-state index contributed by atoms with van der Waals surface area (Å²) in [6.07, 6.45) is 0.957. The molecule has 0 atom stereocenters. The van der Waals surface area contributed by atoms with E-state index in [0.717, 1.165) is 22.2 Å². The van der Waals surface area contributed by atoms with Crippen LogP contribution in [0, 0.1) is 5.82 Å². The minimum atomic E-state index is -0.358. The van der Waals surface area contributed by atoms with Gasteiger partial charge in [0.15, 0.2) is 5.13 Å². The van der Waals surface area contributed by atoms with E-state index in [9.17, 15) is 9.18 Å². The van der Waals surface area contributed by atoms with Crippen molar-refractivity contribution in [2.75, 3.05) is 5.32 Å². The van der Waals surface area contributed by atoms with Crippen LogP contribution in [0.5, 0.6) is 0 Å². The van der Waals surface area contributed by atoms with Crippen molar-refractivity contribution in [3.05, 3.63) is 53.6 Å². The van der Waals surface area contributed by atoms with Crippen molar-refractivity contribution in [2.45, 2.75) is 19.9 Å². The van der Waals surface area contributed by atoms with E-state index in [-0.39, 0.29) is 18.4 Å². The monoisotopic (exact) mass is 383 g/mol. The smallest absolute Gasteiger partial charge is 0.321 e. The van der Waals surface area contributed by atoms with Crippen LogP contribution in [0.2, 0.25) is 0 Å². The number of aryl methyl sites for hydroxylation is 2. The first-order chi connectivity index (χ1) is 13.0. The molecule has 0 radical (unpaired) electrons. The van der Waals surface area contributed by atoms with Gasteiger partial charge in [0, 0.05) is 13.1 Å². The molecule has 4 rings (SSSR count). The Labute approximate surface area is 159 Å². The zero-order chi connectivity index (χ0) is 19.0. The molecule has 0 saturated carbocycles. The Balaban J connectivity index is 1.45. The third-order valence-electron chi connectivity index (χ3n) is 4.42. The van der Waals surface area contributed by atoms with Gasteiger partial charge in [0.05, 0.1) is 27.8 Å². The molecule has 8 heteroatoms. The summed E-state index contributed by atoms with van der Waals surface area (Å²) in [6, 6.07) is 10.2. The molecule has 0 bridgehead atoms. The highest BCUT2D eigenvalue weighted by Crippen LogP contribution is 2.27. The highest BCUT2D eigenvalue weighted by atomic mass is 32.1. The van der Waals surface area contributed by atoms with Crippen LogP contribution in [0.3, 0.4) is 0 Å². The number of amides is 2. The van der Waals surface area contributed by atoms with Crippen LogP contribution in [0.1, 0.15) is 18.3 Å². The molecule has 0 unspecified atom stereocenters. The van der Waals surface area contributed by atoms with Crippen molar-refractivity contribution in [3.63, 3.8) is 0 Å². The van der Waals surface area contributed by atoms with Gasteiger partial charge in [0.2, 0.25) is 0 Å². The third kappa shape index (κ3) is 3.48. The Morgan fingerprint density at radius 3 is 2.85 bits per heavy atom. The Morgan fingerprint density at radius 2 is 2.04 bits per heavy atom. The largest absolute Gasteiger partial charge is 0.331 e. The molecule has 0 spiro atoms. The molecule has 0 aliphatic carbocycles. The van der Waals surface area contributed by atoms with Gasteiger partial charge in [-0.25, -0.2) is 19.2 Å². The van der Waals surface area contributed by atoms with Crippen molar-refractivity contribution in [1.29, 1.82) is 0 Å². The van der Waals surface area contributed by atoms with Gasteiger partial charge in [-0.2, -0.15) is 0 Å². The standard InChI is InChI=1S/C19H18FN5OS/c1-3-11-4-6-13-16(8-11)27-19(23-13)24-18(26)21-10-17-22-14-9-12(20)5-7-15(14)25(17)2/h4-9H,3,10H2,1-2H3,(H2,21,23,24,26). The number of fused-ring (bicyclic) bond motifs is 2. The van der Waals surface area contributed by atoms with Crippen LogP contribution in [-0.4, -0.2) is 20.6 Å². The Kier molecular flexibility index (Phi) is 4.49. The van der Waals surface area contributed by atoms with E-state index < -0.39 is 0 Å². The number of urea groups is 1. The molecule has 2 amide bonds. The minimum absolute atomic E-state index is 0.226. The first-order valence-electron chi connectivity index (χ1n) is 8.58. The number of carbonyl (C=O) groups excluding carboxylic acids is 1. The number of thiazole rings is 1. The van der Waals surface area contributed by atoms with Crippen LogP contribution >= 0.6 is 11.3 Å². The molecular formula is C19H18FN5OS. The second-order valence-corrected chi connectivity index (χ2v) is 7.23. The van der Waals surface area contributed by atoms with E-state index in [4.69, 9.17) is 0 Å². The maximum absolute atomic E-state index is 13.3. The molecule has 0 saturated heterocycles. The van der Waals surface area contributed by atoms with E-state index in [1.165, 1.54) is 29.0 Å². The predicted octanol–water partition coefficient (Wildman–Crippen LogP) is 4.21. The molecule has 6 nitrogen and oxygen atoms in total. The topological polar surface area (TPSA) is 71.8 Å². The number of halogens is 1. The van der Waals surface area contributed by atoms with Crippen LogP contribution in [-0.2, 0) is 20.0 Å². The highest BCUT2D eigenvalue weighted by molar-refractivity contribution is 7.22. The number of benzene rings is 2. The summed E-state index contributed by atoms with van der Waals surface area (Å²) in [6.45, 7) is 2.33. The maximum atomic E-state index is 13.3. The lowest BCUT2D eigenvalue weighted by molar-refractivity contribution is 0.251. The molecular weight excluding hydrogens is 365 g/mol. The lowest BCUT2D eigenvalue weighted by atomic mass is 10.2.